The van der Waals surface area contributed by atoms with Gasteiger partial charge in [-0.1, -0.05) is 56.0 Å². The molecular formula is C26H33N7O. The molecule has 0 saturated carbocycles. The molecule has 8 heteroatoms. The number of nitrogens with one attached hydrogen (secondary N) is 1. The maximum absolute atomic E-state index is 10.4. The molecule has 2 N–H and O–H groups in total. The van der Waals surface area contributed by atoms with Crippen LogP contribution in [0.3, 0.4) is 0 Å². The highest BCUT2D eigenvalue weighted by molar-refractivity contribution is 6.02. The Morgan fingerprint density at radius 3 is 1.94 bits per heavy atom. The summed E-state index contributed by atoms with van der Waals surface area (Å²) in [6, 6.07) is 11.5. The fourth-order valence-corrected chi connectivity index (χ4v) is 4.80. The van der Waals surface area contributed by atoms with Crippen LogP contribution in [0.5, 0.6) is 5.75 Å². The minimum Gasteiger partial charge on any atom is -0.507 e. The number of hydrogen-bond donors (Lipinski definition) is 2. The second-order valence-electron chi connectivity index (χ2n) is 9.15. The smallest absolute Gasteiger partial charge is 0.250 e. The highest BCUT2D eigenvalue weighted by Gasteiger charge is 2.19. The molecule has 2 aliphatic rings. The topological polar surface area (TPSA) is 89.8 Å². The van der Waals surface area contributed by atoms with Crippen LogP contribution >= 0.6 is 0 Å². The van der Waals surface area contributed by atoms with Crippen molar-refractivity contribution in [2.75, 3.05) is 41.4 Å². The number of anilines is 3. The zero-order valence-electron chi connectivity index (χ0n) is 19.7. The van der Waals surface area contributed by atoms with Crippen molar-refractivity contribution < 1.29 is 5.11 Å². The largest absolute Gasteiger partial charge is 0.507 e. The molecule has 2 aliphatic heterocycles. The summed E-state index contributed by atoms with van der Waals surface area (Å²) in [4.78, 5) is 18.9. The zero-order chi connectivity index (χ0) is 23.2. The molecule has 2 saturated heterocycles. The normalized spacial score (nSPS) is 17.6. The molecule has 0 bridgehead atoms. The molecule has 5 rings (SSSR count). The van der Waals surface area contributed by atoms with E-state index in [2.05, 4.69) is 20.3 Å². The Hall–Kier alpha value is -3.42. The molecular weight excluding hydrogens is 426 g/mol. The van der Waals surface area contributed by atoms with E-state index >= 15 is 0 Å². The molecule has 0 radical (unpaired) electrons. The molecule has 0 amide bonds. The van der Waals surface area contributed by atoms with Gasteiger partial charge in [0.1, 0.15) is 5.75 Å². The third-order valence-electron chi connectivity index (χ3n) is 6.70. The van der Waals surface area contributed by atoms with E-state index < -0.39 is 0 Å². The van der Waals surface area contributed by atoms with E-state index in [9.17, 15) is 5.11 Å². The SMILES string of the molecule is Oc1ccc2ccccc2c1C=NNc1nc(N2CCCCCC2)nc(N2CCCCCC2)n1. The van der Waals surface area contributed by atoms with Crippen molar-refractivity contribution in [2.45, 2.75) is 51.4 Å². The van der Waals surface area contributed by atoms with Gasteiger partial charge in [-0.25, -0.2) is 5.43 Å². The van der Waals surface area contributed by atoms with Gasteiger partial charge in [0.25, 0.3) is 0 Å². The molecule has 0 aliphatic carbocycles. The number of nitrogens with zero attached hydrogens (tertiary/aromatic N) is 6. The summed E-state index contributed by atoms with van der Waals surface area (Å²) < 4.78 is 0. The second kappa shape index (κ2) is 10.7. The molecule has 178 valence electrons. The molecule has 8 nitrogen and oxygen atoms in total. The number of phenols is 1. The molecule has 2 fully saturated rings. The van der Waals surface area contributed by atoms with Gasteiger partial charge in [-0.3, -0.25) is 0 Å². The van der Waals surface area contributed by atoms with Crippen molar-refractivity contribution in [3.05, 3.63) is 42.0 Å². The molecule has 1 aromatic heterocycles. The maximum atomic E-state index is 10.4. The quantitative estimate of drug-likeness (QED) is 0.413. The second-order valence-corrected chi connectivity index (χ2v) is 9.15. The van der Waals surface area contributed by atoms with Gasteiger partial charge in [-0.2, -0.15) is 20.1 Å². The molecule has 0 unspecified atom stereocenters. The number of aromatic nitrogens is 3. The molecule has 34 heavy (non-hydrogen) atoms. The predicted octanol–water partition coefficient (Wildman–Crippen LogP) is 4.94. The van der Waals surface area contributed by atoms with E-state index in [-0.39, 0.29) is 5.75 Å². The highest BCUT2D eigenvalue weighted by atomic mass is 16.3. The fraction of sp³-hybridized carbons (Fsp3) is 0.462. The number of benzene rings is 2. The minimum absolute atomic E-state index is 0.190. The maximum Gasteiger partial charge on any atom is 0.250 e. The van der Waals surface area contributed by atoms with Crippen molar-refractivity contribution in [1.82, 2.24) is 15.0 Å². The summed E-state index contributed by atoms with van der Waals surface area (Å²) in [5, 5.41) is 16.8. The summed E-state index contributed by atoms with van der Waals surface area (Å²) in [6.07, 6.45) is 11.3. The average molecular weight is 460 g/mol. The zero-order valence-corrected chi connectivity index (χ0v) is 19.7. The first-order valence-corrected chi connectivity index (χ1v) is 12.5. The van der Waals surface area contributed by atoms with E-state index in [4.69, 9.17) is 15.0 Å². The number of fused-ring (bicyclic) bond motifs is 1. The van der Waals surface area contributed by atoms with Gasteiger partial charge in [0.15, 0.2) is 0 Å². The van der Waals surface area contributed by atoms with Crippen molar-refractivity contribution >= 4 is 34.8 Å². The predicted molar refractivity (Wildman–Crippen MR) is 138 cm³/mol. The van der Waals surface area contributed by atoms with Gasteiger partial charge in [0, 0.05) is 31.7 Å². The van der Waals surface area contributed by atoms with Crippen LogP contribution in [0, 0.1) is 0 Å². The summed E-state index contributed by atoms with van der Waals surface area (Å²) in [5.41, 5.74) is 3.68. The van der Waals surface area contributed by atoms with Gasteiger partial charge in [-0.05, 0) is 42.5 Å². The monoisotopic (exact) mass is 459 g/mol. The van der Waals surface area contributed by atoms with Crippen LogP contribution in [0.4, 0.5) is 17.8 Å². The lowest BCUT2D eigenvalue weighted by molar-refractivity contribution is 0.475. The van der Waals surface area contributed by atoms with Crippen molar-refractivity contribution in [3.8, 4) is 5.75 Å². The van der Waals surface area contributed by atoms with Gasteiger partial charge in [-0.15, -0.1) is 0 Å². The van der Waals surface area contributed by atoms with E-state index in [1.807, 2.05) is 30.3 Å². The van der Waals surface area contributed by atoms with E-state index in [0.29, 0.717) is 11.5 Å². The Morgan fingerprint density at radius 1 is 0.735 bits per heavy atom. The lowest BCUT2D eigenvalue weighted by Crippen LogP contribution is -2.30. The summed E-state index contributed by atoms with van der Waals surface area (Å²) in [5.74, 6) is 2.07. The molecule has 0 spiro atoms. The number of rotatable bonds is 5. The number of hydrogen-bond acceptors (Lipinski definition) is 8. The molecule has 0 atom stereocenters. The Morgan fingerprint density at radius 2 is 1.32 bits per heavy atom. The van der Waals surface area contributed by atoms with Gasteiger partial charge < -0.3 is 14.9 Å². The van der Waals surface area contributed by atoms with Crippen LogP contribution < -0.4 is 15.2 Å². The first-order chi connectivity index (χ1) is 16.8. The third-order valence-corrected chi connectivity index (χ3v) is 6.70. The number of hydrazone groups is 1. The van der Waals surface area contributed by atoms with Gasteiger partial charge in [0.05, 0.1) is 6.21 Å². The summed E-state index contributed by atoms with van der Waals surface area (Å²) >= 11 is 0. The Bertz CT molecular complexity index is 1090. The van der Waals surface area contributed by atoms with E-state index in [1.165, 1.54) is 25.7 Å². The Balaban J connectivity index is 1.43. The summed E-state index contributed by atoms with van der Waals surface area (Å²) in [6.45, 7) is 3.87. The van der Waals surface area contributed by atoms with Crippen LogP contribution in [0.1, 0.15) is 56.9 Å². The standard InChI is InChI=1S/C26H33N7O/c34-23-14-13-20-11-5-6-12-21(20)22(23)19-27-31-24-28-25(32-15-7-1-2-8-16-32)30-26(29-24)33-17-9-3-4-10-18-33/h5-6,11-14,19,34H,1-4,7-10,15-18H2,(H,28,29,30,31). The van der Waals surface area contributed by atoms with Crippen LogP contribution in [0.2, 0.25) is 0 Å². The van der Waals surface area contributed by atoms with Gasteiger partial charge >= 0.3 is 0 Å². The minimum atomic E-state index is 0.190. The van der Waals surface area contributed by atoms with Crippen molar-refractivity contribution in [2.24, 2.45) is 5.10 Å². The van der Waals surface area contributed by atoms with Crippen molar-refractivity contribution in [3.63, 3.8) is 0 Å². The fourth-order valence-electron chi connectivity index (χ4n) is 4.80. The lowest BCUT2D eigenvalue weighted by atomic mass is 10.0. The van der Waals surface area contributed by atoms with E-state index in [1.54, 1.807) is 12.3 Å². The van der Waals surface area contributed by atoms with Crippen LogP contribution in [-0.2, 0) is 0 Å². The molecule has 3 heterocycles. The Labute approximate surface area is 200 Å². The van der Waals surface area contributed by atoms with Crippen LogP contribution in [0.15, 0.2) is 41.5 Å². The number of aromatic hydroxyl groups is 1. The first-order valence-electron chi connectivity index (χ1n) is 12.5. The Kier molecular flexibility index (Phi) is 7.02. The highest BCUT2D eigenvalue weighted by Crippen LogP contribution is 2.26. The first kappa shape index (κ1) is 22.4. The molecule has 3 aromatic rings. The van der Waals surface area contributed by atoms with Gasteiger partial charge in [0.2, 0.25) is 17.8 Å². The molecule has 2 aromatic carbocycles. The average Bonchev–Trinajstić information content (AvgIpc) is 3.31. The third kappa shape index (κ3) is 5.21. The van der Waals surface area contributed by atoms with Crippen LogP contribution in [-0.4, -0.2) is 52.5 Å². The van der Waals surface area contributed by atoms with Crippen molar-refractivity contribution in [1.29, 1.82) is 0 Å². The van der Waals surface area contributed by atoms with Crippen LogP contribution in [0.25, 0.3) is 10.8 Å². The lowest BCUT2D eigenvalue weighted by Gasteiger charge is -2.24. The van der Waals surface area contributed by atoms with E-state index in [0.717, 1.165) is 74.5 Å². The summed E-state index contributed by atoms with van der Waals surface area (Å²) in [7, 11) is 0. The number of phenolic OH excluding ortho intramolecular Hbond substituents is 1.